The first-order chi connectivity index (χ1) is 9.31. The lowest BCUT2D eigenvalue weighted by Gasteiger charge is -2.12. The summed E-state index contributed by atoms with van der Waals surface area (Å²) < 4.78 is 5.87. The maximum atomic E-state index is 5.87. The van der Waals surface area contributed by atoms with Crippen molar-refractivity contribution in [1.29, 1.82) is 0 Å². The van der Waals surface area contributed by atoms with Crippen LogP contribution in [0.3, 0.4) is 0 Å². The van der Waals surface area contributed by atoms with Gasteiger partial charge in [0.2, 0.25) is 5.88 Å². The van der Waals surface area contributed by atoms with Crippen LogP contribution in [0.4, 0.5) is 5.82 Å². The van der Waals surface area contributed by atoms with Crippen LogP contribution in [-0.4, -0.2) is 23.1 Å². The predicted molar refractivity (Wildman–Crippen MR) is 77.6 cm³/mol. The predicted octanol–water partition coefficient (Wildman–Crippen LogP) is 3.43. The molecule has 1 aliphatic rings. The molecule has 1 aromatic rings. The SMILES string of the molecule is CCCc1nc(NCC)cc(OCC2CCCC2)n1. The summed E-state index contributed by atoms with van der Waals surface area (Å²) in [5.74, 6) is 3.19. The van der Waals surface area contributed by atoms with Gasteiger partial charge in [0, 0.05) is 19.0 Å². The van der Waals surface area contributed by atoms with Gasteiger partial charge in [-0.05, 0) is 32.1 Å². The molecule has 1 saturated carbocycles. The molecule has 1 fully saturated rings. The highest BCUT2D eigenvalue weighted by Gasteiger charge is 2.16. The van der Waals surface area contributed by atoms with Crippen molar-refractivity contribution in [2.24, 2.45) is 5.92 Å². The van der Waals surface area contributed by atoms with Gasteiger partial charge in [0.25, 0.3) is 0 Å². The molecule has 0 saturated heterocycles. The van der Waals surface area contributed by atoms with Crippen LogP contribution < -0.4 is 10.1 Å². The van der Waals surface area contributed by atoms with Crippen LogP contribution in [0.5, 0.6) is 5.88 Å². The number of ether oxygens (including phenoxy) is 1. The fourth-order valence-electron chi connectivity index (χ4n) is 2.53. The quantitative estimate of drug-likeness (QED) is 0.818. The number of aryl methyl sites for hydroxylation is 1. The van der Waals surface area contributed by atoms with Crippen molar-refractivity contribution in [3.8, 4) is 5.88 Å². The average Bonchev–Trinajstić information content (AvgIpc) is 2.90. The Balaban J connectivity index is 1.99. The molecule has 1 heterocycles. The topological polar surface area (TPSA) is 47.0 Å². The van der Waals surface area contributed by atoms with Gasteiger partial charge in [-0.1, -0.05) is 19.8 Å². The van der Waals surface area contributed by atoms with E-state index in [-0.39, 0.29) is 0 Å². The fourth-order valence-corrected chi connectivity index (χ4v) is 2.53. The van der Waals surface area contributed by atoms with Gasteiger partial charge in [0.15, 0.2) is 0 Å². The minimum absolute atomic E-state index is 0.715. The molecule has 0 spiro atoms. The van der Waals surface area contributed by atoms with E-state index in [0.29, 0.717) is 5.92 Å². The Morgan fingerprint density at radius 2 is 2.05 bits per heavy atom. The normalized spacial score (nSPS) is 15.7. The highest BCUT2D eigenvalue weighted by molar-refractivity contribution is 5.38. The van der Waals surface area contributed by atoms with Crippen molar-refractivity contribution in [3.63, 3.8) is 0 Å². The maximum Gasteiger partial charge on any atom is 0.218 e. The molecule has 1 aliphatic carbocycles. The van der Waals surface area contributed by atoms with Crippen molar-refractivity contribution in [2.45, 2.75) is 52.4 Å². The Bertz CT molecular complexity index is 365. The third-order valence-electron chi connectivity index (χ3n) is 3.52. The van der Waals surface area contributed by atoms with Gasteiger partial charge in [0.05, 0.1) is 6.61 Å². The lowest BCUT2D eigenvalue weighted by molar-refractivity contribution is 0.242. The van der Waals surface area contributed by atoms with E-state index in [1.165, 1.54) is 25.7 Å². The third-order valence-corrected chi connectivity index (χ3v) is 3.52. The van der Waals surface area contributed by atoms with E-state index in [0.717, 1.165) is 43.5 Å². The van der Waals surface area contributed by atoms with Crippen molar-refractivity contribution in [2.75, 3.05) is 18.5 Å². The van der Waals surface area contributed by atoms with Crippen LogP contribution in [0.1, 0.15) is 51.8 Å². The molecular formula is C15H25N3O. The molecule has 0 unspecified atom stereocenters. The summed E-state index contributed by atoms with van der Waals surface area (Å²) in [6, 6.07) is 1.91. The lowest BCUT2D eigenvalue weighted by atomic mass is 10.1. The molecule has 1 N–H and O–H groups in total. The van der Waals surface area contributed by atoms with Crippen LogP contribution >= 0.6 is 0 Å². The van der Waals surface area contributed by atoms with Crippen molar-refractivity contribution < 1.29 is 4.74 Å². The van der Waals surface area contributed by atoms with E-state index >= 15 is 0 Å². The second-order valence-electron chi connectivity index (χ2n) is 5.25. The molecule has 4 heteroatoms. The largest absolute Gasteiger partial charge is 0.477 e. The molecule has 0 aromatic carbocycles. The molecule has 0 amide bonds. The molecular weight excluding hydrogens is 238 g/mol. The molecule has 0 aliphatic heterocycles. The van der Waals surface area contributed by atoms with Crippen LogP contribution in [-0.2, 0) is 6.42 Å². The van der Waals surface area contributed by atoms with E-state index in [9.17, 15) is 0 Å². The second kappa shape index (κ2) is 7.31. The molecule has 4 nitrogen and oxygen atoms in total. The summed E-state index contributed by atoms with van der Waals surface area (Å²) >= 11 is 0. The molecule has 106 valence electrons. The zero-order valence-electron chi connectivity index (χ0n) is 12.1. The zero-order valence-corrected chi connectivity index (χ0v) is 12.1. The molecule has 0 radical (unpaired) electrons. The Hall–Kier alpha value is -1.32. The molecule has 0 bridgehead atoms. The van der Waals surface area contributed by atoms with E-state index in [1.54, 1.807) is 0 Å². The fraction of sp³-hybridized carbons (Fsp3) is 0.733. The smallest absolute Gasteiger partial charge is 0.218 e. The zero-order chi connectivity index (χ0) is 13.5. The lowest BCUT2D eigenvalue weighted by Crippen LogP contribution is -2.11. The third kappa shape index (κ3) is 4.37. The monoisotopic (exact) mass is 263 g/mol. The number of hydrogen-bond donors (Lipinski definition) is 1. The number of nitrogens with zero attached hydrogens (tertiary/aromatic N) is 2. The summed E-state index contributed by atoms with van der Waals surface area (Å²) in [5, 5.41) is 3.24. The van der Waals surface area contributed by atoms with Gasteiger partial charge in [-0.15, -0.1) is 0 Å². The maximum absolute atomic E-state index is 5.87. The van der Waals surface area contributed by atoms with Gasteiger partial charge in [-0.3, -0.25) is 0 Å². The highest BCUT2D eigenvalue weighted by Crippen LogP contribution is 2.25. The minimum Gasteiger partial charge on any atom is -0.477 e. The van der Waals surface area contributed by atoms with Crippen LogP contribution in [0, 0.1) is 5.92 Å². The number of rotatable bonds is 7. The van der Waals surface area contributed by atoms with Gasteiger partial charge in [-0.25, -0.2) is 4.98 Å². The number of nitrogens with one attached hydrogen (secondary N) is 1. The summed E-state index contributed by atoms with van der Waals surface area (Å²) in [5.41, 5.74) is 0. The first-order valence-corrected chi connectivity index (χ1v) is 7.56. The second-order valence-corrected chi connectivity index (χ2v) is 5.25. The van der Waals surface area contributed by atoms with Crippen molar-refractivity contribution in [1.82, 2.24) is 9.97 Å². The van der Waals surface area contributed by atoms with Crippen molar-refractivity contribution in [3.05, 3.63) is 11.9 Å². The van der Waals surface area contributed by atoms with Crippen LogP contribution in [0.15, 0.2) is 6.07 Å². The van der Waals surface area contributed by atoms with Crippen molar-refractivity contribution >= 4 is 5.82 Å². The summed E-state index contributed by atoms with van der Waals surface area (Å²) in [6.45, 7) is 5.88. The standard InChI is InChI=1S/C15H25N3O/c1-3-7-13-17-14(16-4-2)10-15(18-13)19-11-12-8-5-6-9-12/h10,12H,3-9,11H2,1-2H3,(H,16,17,18). The summed E-state index contributed by atoms with van der Waals surface area (Å²) in [4.78, 5) is 8.98. The molecule has 19 heavy (non-hydrogen) atoms. The Morgan fingerprint density at radius 1 is 1.26 bits per heavy atom. The van der Waals surface area contributed by atoms with Crippen LogP contribution in [0.2, 0.25) is 0 Å². The van der Waals surface area contributed by atoms with Crippen LogP contribution in [0.25, 0.3) is 0 Å². The van der Waals surface area contributed by atoms with Gasteiger partial charge in [0.1, 0.15) is 11.6 Å². The first kappa shape index (κ1) is 14.1. The minimum atomic E-state index is 0.715. The summed E-state index contributed by atoms with van der Waals surface area (Å²) in [7, 11) is 0. The van der Waals surface area contributed by atoms with Gasteiger partial charge >= 0.3 is 0 Å². The number of anilines is 1. The molecule has 2 rings (SSSR count). The molecule has 0 atom stereocenters. The Kier molecular flexibility index (Phi) is 5.43. The first-order valence-electron chi connectivity index (χ1n) is 7.56. The number of aromatic nitrogens is 2. The Labute approximate surface area is 116 Å². The van der Waals surface area contributed by atoms with Gasteiger partial charge < -0.3 is 10.1 Å². The van der Waals surface area contributed by atoms with E-state index < -0.39 is 0 Å². The van der Waals surface area contributed by atoms with E-state index in [2.05, 4.69) is 29.1 Å². The molecule has 1 aromatic heterocycles. The summed E-state index contributed by atoms with van der Waals surface area (Å²) in [6.07, 6.45) is 7.25. The van der Waals surface area contributed by atoms with E-state index in [4.69, 9.17) is 4.74 Å². The van der Waals surface area contributed by atoms with Gasteiger partial charge in [-0.2, -0.15) is 4.98 Å². The average molecular weight is 263 g/mol. The highest BCUT2D eigenvalue weighted by atomic mass is 16.5. The Morgan fingerprint density at radius 3 is 2.74 bits per heavy atom. The van der Waals surface area contributed by atoms with E-state index in [1.807, 2.05) is 6.07 Å². The number of hydrogen-bond acceptors (Lipinski definition) is 4.